The monoisotopic (exact) mass is 229 g/mol. The van der Waals surface area contributed by atoms with E-state index in [4.69, 9.17) is 10.2 Å². The summed E-state index contributed by atoms with van der Waals surface area (Å²) < 4.78 is 5.88. The van der Waals surface area contributed by atoms with Crippen LogP contribution in [0.15, 0.2) is 34.7 Å². The molecule has 0 saturated heterocycles. The molecule has 1 heterocycles. The first-order valence-electron chi connectivity index (χ1n) is 6.43. The molecule has 0 spiro atoms. The van der Waals surface area contributed by atoms with Crippen LogP contribution in [0.5, 0.6) is 0 Å². The van der Waals surface area contributed by atoms with Crippen molar-refractivity contribution in [2.75, 3.05) is 0 Å². The van der Waals surface area contributed by atoms with Gasteiger partial charge in [-0.3, -0.25) is 0 Å². The average Bonchev–Trinajstić information content (AvgIpc) is 2.94. The van der Waals surface area contributed by atoms with Crippen LogP contribution in [0.4, 0.5) is 0 Å². The third-order valence-corrected chi connectivity index (χ3v) is 4.25. The molecule has 1 aromatic carbocycles. The molecule has 1 unspecified atom stereocenters. The van der Waals surface area contributed by atoms with Gasteiger partial charge in [-0.15, -0.1) is 0 Å². The van der Waals surface area contributed by atoms with Crippen LogP contribution < -0.4 is 5.73 Å². The number of benzene rings is 1. The Morgan fingerprint density at radius 3 is 2.65 bits per heavy atom. The van der Waals surface area contributed by atoms with E-state index in [-0.39, 0.29) is 11.5 Å². The highest BCUT2D eigenvalue weighted by molar-refractivity contribution is 5.77. The summed E-state index contributed by atoms with van der Waals surface area (Å²) in [4.78, 5) is 0. The second kappa shape index (κ2) is 3.88. The highest BCUT2D eigenvalue weighted by Gasteiger charge is 2.37. The minimum Gasteiger partial charge on any atom is -0.459 e. The van der Waals surface area contributed by atoms with Gasteiger partial charge in [0.05, 0.1) is 6.04 Å². The fraction of sp³-hybridized carbons (Fsp3) is 0.467. The summed E-state index contributed by atoms with van der Waals surface area (Å²) in [5.41, 5.74) is 7.56. The van der Waals surface area contributed by atoms with Crippen molar-refractivity contribution in [1.29, 1.82) is 0 Å². The Bertz CT molecular complexity index is 489. The zero-order valence-corrected chi connectivity index (χ0v) is 10.3. The first-order chi connectivity index (χ1) is 8.19. The summed E-state index contributed by atoms with van der Waals surface area (Å²) in [6.45, 7) is 2.29. The van der Waals surface area contributed by atoms with Gasteiger partial charge in [0.15, 0.2) is 0 Å². The molecule has 2 heteroatoms. The molecule has 1 atom stereocenters. The van der Waals surface area contributed by atoms with Crippen molar-refractivity contribution in [1.82, 2.24) is 0 Å². The van der Waals surface area contributed by atoms with Gasteiger partial charge < -0.3 is 10.2 Å². The SMILES string of the molecule is CC1(C(N)c2cc3ccccc3o2)CCCC1. The molecular weight excluding hydrogens is 210 g/mol. The van der Waals surface area contributed by atoms with Gasteiger partial charge in [-0.1, -0.05) is 38.0 Å². The van der Waals surface area contributed by atoms with E-state index in [2.05, 4.69) is 19.1 Å². The normalized spacial score (nSPS) is 20.8. The average molecular weight is 229 g/mol. The van der Waals surface area contributed by atoms with Crippen LogP contribution in [-0.2, 0) is 0 Å². The summed E-state index contributed by atoms with van der Waals surface area (Å²) in [5, 5.41) is 1.15. The van der Waals surface area contributed by atoms with Crippen molar-refractivity contribution in [3.8, 4) is 0 Å². The fourth-order valence-corrected chi connectivity index (χ4v) is 2.99. The van der Waals surface area contributed by atoms with Crippen LogP contribution in [0.1, 0.15) is 44.4 Å². The summed E-state index contributed by atoms with van der Waals surface area (Å²) >= 11 is 0. The van der Waals surface area contributed by atoms with Crippen molar-refractivity contribution in [3.05, 3.63) is 36.1 Å². The van der Waals surface area contributed by atoms with Gasteiger partial charge in [0.1, 0.15) is 11.3 Å². The molecule has 1 fully saturated rings. The third kappa shape index (κ3) is 1.77. The van der Waals surface area contributed by atoms with E-state index in [9.17, 15) is 0 Å². The predicted octanol–water partition coefficient (Wildman–Crippen LogP) is 4.01. The van der Waals surface area contributed by atoms with Crippen LogP contribution >= 0.6 is 0 Å². The van der Waals surface area contributed by atoms with Crippen LogP contribution in [0.25, 0.3) is 11.0 Å². The van der Waals surface area contributed by atoms with Crippen molar-refractivity contribution < 1.29 is 4.42 Å². The molecule has 1 saturated carbocycles. The number of hydrogen-bond donors (Lipinski definition) is 1. The lowest BCUT2D eigenvalue weighted by Gasteiger charge is -2.29. The van der Waals surface area contributed by atoms with E-state index in [0.29, 0.717) is 0 Å². The molecule has 0 aliphatic heterocycles. The largest absolute Gasteiger partial charge is 0.459 e. The van der Waals surface area contributed by atoms with Crippen LogP contribution in [-0.4, -0.2) is 0 Å². The number of fused-ring (bicyclic) bond motifs is 1. The van der Waals surface area contributed by atoms with Crippen LogP contribution in [0.3, 0.4) is 0 Å². The number of furan rings is 1. The summed E-state index contributed by atoms with van der Waals surface area (Å²) in [6.07, 6.45) is 5.02. The van der Waals surface area contributed by atoms with Gasteiger partial charge >= 0.3 is 0 Å². The van der Waals surface area contributed by atoms with Gasteiger partial charge in [0.25, 0.3) is 0 Å². The Balaban J connectivity index is 1.97. The summed E-state index contributed by atoms with van der Waals surface area (Å²) in [5.74, 6) is 0.940. The molecule has 17 heavy (non-hydrogen) atoms. The molecular formula is C15H19NO. The Morgan fingerprint density at radius 2 is 1.94 bits per heavy atom. The lowest BCUT2D eigenvalue weighted by molar-refractivity contribution is 0.239. The lowest BCUT2D eigenvalue weighted by atomic mass is 9.80. The maximum absolute atomic E-state index is 6.40. The summed E-state index contributed by atoms with van der Waals surface area (Å²) in [6, 6.07) is 10.2. The lowest BCUT2D eigenvalue weighted by Crippen LogP contribution is -2.28. The zero-order valence-electron chi connectivity index (χ0n) is 10.3. The minimum absolute atomic E-state index is 0.0254. The van der Waals surface area contributed by atoms with E-state index in [0.717, 1.165) is 16.7 Å². The van der Waals surface area contributed by atoms with Crippen molar-refractivity contribution >= 4 is 11.0 Å². The van der Waals surface area contributed by atoms with Gasteiger partial charge in [-0.2, -0.15) is 0 Å². The molecule has 2 N–H and O–H groups in total. The molecule has 1 aliphatic rings. The van der Waals surface area contributed by atoms with Crippen LogP contribution in [0, 0.1) is 5.41 Å². The highest BCUT2D eigenvalue weighted by Crippen LogP contribution is 2.46. The first-order valence-corrected chi connectivity index (χ1v) is 6.43. The van der Waals surface area contributed by atoms with Crippen molar-refractivity contribution in [2.24, 2.45) is 11.1 Å². The standard InChI is InChI=1S/C15H19NO/c1-15(8-4-5-9-15)14(16)13-10-11-6-2-3-7-12(11)17-13/h2-3,6-7,10,14H,4-5,8-9,16H2,1H3. The van der Waals surface area contributed by atoms with Gasteiger partial charge in [0.2, 0.25) is 0 Å². The molecule has 1 aromatic heterocycles. The quantitative estimate of drug-likeness (QED) is 0.845. The molecule has 3 rings (SSSR count). The maximum atomic E-state index is 6.40. The summed E-state index contributed by atoms with van der Waals surface area (Å²) in [7, 11) is 0. The molecule has 2 aromatic rings. The van der Waals surface area contributed by atoms with Gasteiger partial charge in [-0.05, 0) is 30.4 Å². The third-order valence-electron chi connectivity index (χ3n) is 4.25. The first kappa shape index (κ1) is 10.8. The van der Waals surface area contributed by atoms with E-state index in [1.54, 1.807) is 0 Å². The fourth-order valence-electron chi connectivity index (χ4n) is 2.99. The molecule has 0 bridgehead atoms. The van der Waals surface area contributed by atoms with Crippen molar-refractivity contribution in [3.63, 3.8) is 0 Å². The Morgan fingerprint density at radius 1 is 1.24 bits per heavy atom. The molecule has 2 nitrogen and oxygen atoms in total. The van der Waals surface area contributed by atoms with Crippen LogP contribution in [0.2, 0.25) is 0 Å². The minimum atomic E-state index is 0.0254. The molecule has 90 valence electrons. The highest BCUT2D eigenvalue weighted by atomic mass is 16.3. The Labute approximate surface area is 102 Å². The molecule has 0 amide bonds. The van der Waals surface area contributed by atoms with E-state index in [1.165, 1.54) is 25.7 Å². The molecule has 0 radical (unpaired) electrons. The Hall–Kier alpha value is -1.28. The topological polar surface area (TPSA) is 39.2 Å². The smallest absolute Gasteiger partial charge is 0.134 e. The van der Waals surface area contributed by atoms with Gasteiger partial charge in [0, 0.05) is 5.39 Å². The Kier molecular flexibility index (Phi) is 2.48. The zero-order chi connectivity index (χ0) is 11.9. The van der Waals surface area contributed by atoms with Gasteiger partial charge in [-0.25, -0.2) is 0 Å². The number of para-hydroxylation sites is 1. The number of hydrogen-bond acceptors (Lipinski definition) is 2. The number of rotatable bonds is 2. The van der Waals surface area contributed by atoms with E-state index in [1.807, 2.05) is 18.2 Å². The van der Waals surface area contributed by atoms with E-state index < -0.39 is 0 Å². The second-order valence-electron chi connectivity index (χ2n) is 5.53. The maximum Gasteiger partial charge on any atom is 0.134 e. The predicted molar refractivity (Wildman–Crippen MR) is 69.7 cm³/mol. The number of nitrogens with two attached hydrogens (primary N) is 1. The van der Waals surface area contributed by atoms with E-state index >= 15 is 0 Å². The molecule has 1 aliphatic carbocycles. The second-order valence-corrected chi connectivity index (χ2v) is 5.53. The van der Waals surface area contributed by atoms with Crippen molar-refractivity contribution in [2.45, 2.75) is 38.6 Å².